The Balaban J connectivity index is 1.90. The molecule has 106 valence electrons. The normalized spacial score (nSPS) is 19.2. The van der Waals surface area contributed by atoms with E-state index in [-0.39, 0.29) is 17.1 Å². The lowest BCUT2D eigenvalue weighted by molar-refractivity contribution is 0.453. The van der Waals surface area contributed by atoms with Gasteiger partial charge in [0, 0.05) is 25.7 Å². The van der Waals surface area contributed by atoms with E-state index in [1.807, 2.05) is 0 Å². The van der Waals surface area contributed by atoms with Crippen molar-refractivity contribution < 1.29 is 10.2 Å². The van der Waals surface area contributed by atoms with Gasteiger partial charge in [0.05, 0.1) is 0 Å². The quantitative estimate of drug-likeness (QED) is 0.643. The highest BCUT2D eigenvalue weighted by Gasteiger charge is 2.21. The molecule has 1 aliphatic heterocycles. The van der Waals surface area contributed by atoms with Gasteiger partial charge in [0.1, 0.15) is 17.1 Å². The average Bonchev–Trinajstić information content (AvgIpc) is 2.88. The van der Waals surface area contributed by atoms with Crippen LogP contribution in [-0.4, -0.2) is 51.1 Å². The zero-order valence-corrected chi connectivity index (χ0v) is 11.2. The minimum atomic E-state index is -0.0265. The van der Waals surface area contributed by atoms with Crippen molar-refractivity contribution in [2.75, 3.05) is 24.5 Å². The maximum absolute atomic E-state index is 9.84. The number of aromatic hydroxyl groups is 2. The van der Waals surface area contributed by atoms with Crippen molar-refractivity contribution in [2.45, 2.75) is 13.0 Å². The number of anilines is 1. The van der Waals surface area contributed by atoms with Crippen LogP contribution in [0.1, 0.15) is 6.92 Å². The third-order valence-electron chi connectivity index (χ3n) is 3.38. The summed E-state index contributed by atoms with van der Waals surface area (Å²) in [5, 5.41) is 30.0. The maximum atomic E-state index is 9.84. The Morgan fingerprint density at radius 2 is 2.05 bits per heavy atom. The molecule has 1 saturated heterocycles. The van der Waals surface area contributed by atoms with Crippen LogP contribution < -0.4 is 10.2 Å². The lowest BCUT2D eigenvalue weighted by atomic mass is 10.1. The highest BCUT2D eigenvalue weighted by Crippen LogP contribution is 2.35. The van der Waals surface area contributed by atoms with Crippen molar-refractivity contribution >= 4 is 5.95 Å². The van der Waals surface area contributed by atoms with Crippen LogP contribution >= 0.6 is 0 Å². The van der Waals surface area contributed by atoms with Crippen molar-refractivity contribution in [1.29, 1.82) is 0 Å². The summed E-state index contributed by atoms with van der Waals surface area (Å²) in [5.41, 5.74) is 0.273. The van der Waals surface area contributed by atoms with Crippen molar-refractivity contribution in [1.82, 2.24) is 20.5 Å². The Bertz CT molecular complexity index is 592. The molecule has 2 heterocycles. The number of hydrogen-bond acceptors (Lipinski definition) is 6. The van der Waals surface area contributed by atoms with Gasteiger partial charge >= 0.3 is 0 Å². The second-order valence-corrected chi connectivity index (χ2v) is 4.96. The molecule has 1 aromatic carbocycles. The van der Waals surface area contributed by atoms with Gasteiger partial charge < -0.3 is 20.4 Å². The van der Waals surface area contributed by atoms with Gasteiger partial charge in [-0.15, -0.1) is 5.10 Å². The van der Waals surface area contributed by atoms with E-state index in [4.69, 9.17) is 0 Å². The molecular formula is C13H17N5O2. The van der Waals surface area contributed by atoms with E-state index >= 15 is 0 Å². The van der Waals surface area contributed by atoms with Crippen molar-refractivity contribution in [3.63, 3.8) is 0 Å². The van der Waals surface area contributed by atoms with Crippen LogP contribution in [-0.2, 0) is 0 Å². The van der Waals surface area contributed by atoms with Crippen molar-refractivity contribution in [3.8, 4) is 22.9 Å². The summed E-state index contributed by atoms with van der Waals surface area (Å²) in [6, 6.07) is 4.96. The Morgan fingerprint density at radius 3 is 2.75 bits per heavy atom. The van der Waals surface area contributed by atoms with Crippen LogP contribution in [0.3, 0.4) is 0 Å². The van der Waals surface area contributed by atoms with Crippen LogP contribution in [0.2, 0.25) is 0 Å². The fourth-order valence-electron chi connectivity index (χ4n) is 2.39. The molecule has 0 aliphatic carbocycles. The number of benzene rings is 1. The van der Waals surface area contributed by atoms with Crippen molar-refractivity contribution in [2.24, 2.45) is 0 Å². The van der Waals surface area contributed by atoms with Crippen LogP contribution in [0.15, 0.2) is 18.2 Å². The molecule has 2 aromatic rings. The standard InChI is InChI=1S/C13H17N5O2/c1-8-7-18(6-5-14-8)13-15-12(16-17-13)11-9(19)3-2-4-10(11)20/h2-4,8,14,19-20H,5-7H2,1H3,(H,15,16,17). The predicted molar refractivity (Wildman–Crippen MR) is 74.8 cm³/mol. The molecule has 1 atom stereocenters. The summed E-state index contributed by atoms with van der Waals surface area (Å²) in [4.78, 5) is 6.44. The van der Waals surface area contributed by atoms with E-state index in [1.54, 1.807) is 6.07 Å². The number of rotatable bonds is 2. The van der Waals surface area contributed by atoms with Gasteiger partial charge in [0.25, 0.3) is 0 Å². The first kappa shape index (κ1) is 12.7. The largest absolute Gasteiger partial charge is 0.507 e. The molecule has 1 aromatic heterocycles. The molecule has 4 N–H and O–H groups in total. The smallest absolute Gasteiger partial charge is 0.245 e. The summed E-state index contributed by atoms with van der Waals surface area (Å²) < 4.78 is 0. The van der Waals surface area contributed by atoms with E-state index in [0.717, 1.165) is 19.6 Å². The van der Waals surface area contributed by atoms with Gasteiger partial charge in [-0.2, -0.15) is 4.98 Å². The molecule has 7 nitrogen and oxygen atoms in total. The Kier molecular flexibility index (Phi) is 3.19. The molecule has 0 spiro atoms. The SMILES string of the molecule is CC1CN(c2n[nH]c(-c3c(O)cccc3O)n2)CCN1. The fourth-order valence-corrected chi connectivity index (χ4v) is 2.39. The molecule has 0 saturated carbocycles. The third kappa shape index (κ3) is 2.27. The first-order valence-corrected chi connectivity index (χ1v) is 6.57. The first-order valence-electron chi connectivity index (χ1n) is 6.57. The highest BCUT2D eigenvalue weighted by atomic mass is 16.3. The second-order valence-electron chi connectivity index (χ2n) is 4.96. The van der Waals surface area contributed by atoms with Crippen molar-refractivity contribution in [3.05, 3.63) is 18.2 Å². The van der Waals surface area contributed by atoms with Gasteiger partial charge in [-0.3, -0.25) is 5.10 Å². The number of nitrogens with zero attached hydrogens (tertiary/aromatic N) is 3. The Hall–Kier alpha value is -2.28. The van der Waals surface area contributed by atoms with Gasteiger partial charge in [0.2, 0.25) is 5.95 Å². The maximum Gasteiger partial charge on any atom is 0.245 e. The van der Waals surface area contributed by atoms with E-state index in [1.165, 1.54) is 12.1 Å². The summed E-state index contributed by atoms with van der Waals surface area (Å²) in [6.07, 6.45) is 0. The van der Waals surface area contributed by atoms with Crippen LogP contribution in [0.25, 0.3) is 11.4 Å². The lowest BCUT2D eigenvalue weighted by Crippen LogP contribution is -2.49. The van der Waals surface area contributed by atoms with E-state index in [2.05, 4.69) is 32.3 Å². The summed E-state index contributed by atoms with van der Waals surface area (Å²) in [5.74, 6) is 0.889. The van der Waals surface area contributed by atoms with Gasteiger partial charge in [-0.1, -0.05) is 6.07 Å². The number of aromatic amines is 1. The number of hydrogen-bond donors (Lipinski definition) is 4. The minimum absolute atomic E-state index is 0.0265. The second kappa shape index (κ2) is 5.01. The summed E-state index contributed by atoms with van der Waals surface area (Å²) >= 11 is 0. The summed E-state index contributed by atoms with van der Waals surface area (Å²) in [7, 11) is 0. The molecule has 0 bridgehead atoms. The number of aromatic nitrogens is 3. The Labute approximate surface area is 116 Å². The zero-order chi connectivity index (χ0) is 14.1. The first-order chi connectivity index (χ1) is 9.65. The number of H-pyrrole nitrogens is 1. The number of phenols is 2. The summed E-state index contributed by atoms with van der Waals surface area (Å²) in [6.45, 7) is 4.64. The number of piperazine rings is 1. The highest BCUT2D eigenvalue weighted by molar-refractivity contribution is 5.71. The fraction of sp³-hybridized carbons (Fsp3) is 0.385. The molecule has 3 rings (SSSR count). The molecule has 1 aliphatic rings. The van der Waals surface area contributed by atoms with Crippen LogP contribution in [0.5, 0.6) is 11.5 Å². The molecule has 1 unspecified atom stereocenters. The molecule has 7 heteroatoms. The molecule has 0 amide bonds. The van der Waals surface area contributed by atoms with E-state index in [9.17, 15) is 10.2 Å². The van der Waals surface area contributed by atoms with Gasteiger partial charge in [-0.05, 0) is 19.1 Å². The van der Waals surface area contributed by atoms with E-state index in [0.29, 0.717) is 17.8 Å². The monoisotopic (exact) mass is 275 g/mol. The molecule has 1 fully saturated rings. The predicted octanol–water partition coefficient (Wildman–Crippen LogP) is 0.681. The number of nitrogens with one attached hydrogen (secondary N) is 2. The van der Waals surface area contributed by atoms with Crippen LogP contribution in [0, 0.1) is 0 Å². The van der Waals surface area contributed by atoms with Gasteiger partial charge in [-0.25, -0.2) is 0 Å². The minimum Gasteiger partial charge on any atom is -0.507 e. The Morgan fingerprint density at radius 1 is 1.30 bits per heavy atom. The van der Waals surface area contributed by atoms with E-state index < -0.39 is 0 Å². The van der Waals surface area contributed by atoms with Crippen LogP contribution in [0.4, 0.5) is 5.95 Å². The topological polar surface area (TPSA) is 97.3 Å². The number of phenolic OH excluding ortho intramolecular Hbond substituents is 2. The zero-order valence-electron chi connectivity index (χ0n) is 11.2. The molecule has 0 radical (unpaired) electrons. The lowest BCUT2D eigenvalue weighted by Gasteiger charge is -2.30. The molecule has 20 heavy (non-hydrogen) atoms. The average molecular weight is 275 g/mol. The third-order valence-corrected chi connectivity index (χ3v) is 3.38. The van der Waals surface area contributed by atoms with Gasteiger partial charge in [0.15, 0.2) is 5.82 Å². The molecular weight excluding hydrogens is 258 g/mol.